The fourth-order valence-electron chi connectivity index (χ4n) is 2.40. The van der Waals surface area contributed by atoms with Crippen LogP contribution in [-0.2, 0) is 4.79 Å². The van der Waals surface area contributed by atoms with Crippen molar-refractivity contribution in [3.63, 3.8) is 0 Å². The number of para-hydroxylation sites is 1. The molecule has 0 bridgehead atoms. The molecular weight excluding hydrogens is 346 g/mol. The first-order valence-corrected chi connectivity index (χ1v) is 9.97. The lowest BCUT2D eigenvalue weighted by Crippen LogP contribution is -2.19. The lowest BCUT2D eigenvalue weighted by molar-refractivity contribution is -0.122. The van der Waals surface area contributed by atoms with Crippen LogP contribution in [0.1, 0.15) is 38.4 Å². The summed E-state index contributed by atoms with van der Waals surface area (Å²) < 4.78 is 6.41. The van der Waals surface area contributed by atoms with E-state index in [2.05, 4.69) is 73.8 Å². The van der Waals surface area contributed by atoms with Gasteiger partial charge in [0.15, 0.2) is 0 Å². The van der Waals surface area contributed by atoms with Gasteiger partial charge < -0.3 is 15.2 Å². The molecule has 2 aromatic rings. The Labute approximate surface area is 161 Å². The van der Waals surface area contributed by atoms with Crippen molar-refractivity contribution in [2.75, 3.05) is 18.8 Å². The predicted octanol–water partition coefficient (Wildman–Crippen LogP) is 5.01. The summed E-state index contributed by atoms with van der Waals surface area (Å²) in [5, 5.41) is 10.3. The Balaban J connectivity index is 0.00000105. The van der Waals surface area contributed by atoms with E-state index < -0.39 is 0 Å². The van der Waals surface area contributed by atoms with Crippen molar-refractivity contribution in [1.82, 2.24) is 5.32 Å². The average molecular weight is 376 g/mol. The van der Waals surface area contributed by atoms with Gasteiger partial charge in [-0.05, 0) is 43.0 Å². The highest BCUT2D eigenvalue weighted by atomic mass is 32.2. The van der Waals surface area contributed by atoms with Crippen molar-refractivity contribution in [3.05, 3.63) is 60.2 Å². The van der Waals surface area contributed by atoms with Crippen LogP contribution < -0.4 is 10.1 Å². The highest BCUT2D eigenvalue weighted by molar-refractivity contribution is 7.99. The Morgan fingerprint density at radius 1 is 1.12 bits per heavy atom. The molecule has 0 spiro atoms. The van der Waals surface area contributed by atoms with Crippen LogP contribution in [0.3, 0.4) is 0 Å². The number of carbonyl (C=O) groups is 1. The number of hydrogen-bond donors (Lipinski definition) is 2. The van der Waals surface area contributed by atoms with E-state index in [1.54, 1.807) is 0 Å². The number of carboxylic acid groups (broad SMARTS) is 1. The van der Waals surface area contributed by atoms with E-state index in [4.69, 9.17) is 14.6 Å². The second-order valence-electron chi connectivity index (χ2n) is 5.56. The van der Waals surface area contributed by atoms with Gasteiger partial charge >= 0.3 is 0 Å². The zero-order valence-electron chi connectivity index (χ0n) is 15.6. The Hall–Kier alpha value is -1.98. The van der Waals surface area contributed by atoms with Crippen LogP contribution in [0.25, 0.3) is 0 Å². The van der Waals surface area contributed by atoms with E-state index in [0.29, 0.717) is 0 Å². The first-order chi connectivity index (χ1) is 12.8. The molecular formula is C21H29NO3S. The third-order valence-corrected chi connectivity index (χ3v) is 4.85. The van der Waals surface area contributed by atoms with E-state index in [-0.39, 0.29) is 12.6 Å². The van der Waals surface area contributed by atoms with Crippen LogP contribution in [0, 0.1) is 0 Å². The summed E-state index contributed by atoms with van der Waals surface area (Å²) in [4.78, 5) is 9.60. The standard InChI is InChI=1S/C20H27NOS.CH2O2/c1-3-16-23-20-13-9-8-12-19(20)22-18(14-15-21-4-2)17-10-6-5-7-11-17;2-1-3/h5-13,18,21H,3-4,14-16H2,1-2H3;1H,(H,2,3). The van der Waals surface area contributed by atoms with Crippen molar-refractivity contribution in [1.29, 1.82) is 0 Å². The molecule has 0 radical (unpaired) electrons. The van der Waals surface area contributed by atoms with Crippen molar-refractivity contribution in [3.8, 4) is 5.75 Å². The molecule has 0 fully saturated rings. The summed E-state index contributed by atoms with van der Waals surface area (Å²) in [5.41, 5.74) is 1.24. The summed E-state index contributed by atoms with van der Waals surface area (Å²) in [7, 11) is 0. The Bertz CT molecular complexity index is 607. The number of benzene rings is 2. The maximum Gasteiger partial charge on any atom is 0.290 e. The van der Waals surface area contributed by atoms with Crippen molar-refractivity contribution < 1.29 is 14.6 Å². The minimum Gasteiger partial charge on any atom is -0.485 e. The molecule has 0 heterocycles. The van der Waals surface area contributed by atoms with Gasteiger partial charge in [0.25, 0.3) is 6.47 Å². The fourth-order valence-corrected chi connectivity index (χ4v) is 3.26. The highest BCUT2D eigenvalue weighted by Gasteiger charge is 2.15. The number of nitrogens with one attached hydrogen (secondary N) is 1. The molecule has 0 aliphatic rings. The quantitative estimate of drug-likeness (QED) is 0.347. The van der Waals surface area contributed by atoms with Crippen LogP contribution in [0.2, 0.25) is 0 Å². The van der Waals surface area contributed by atoms with Crippen LogP contribution in [0.4, 0.5) is 0 Å². The van der Waals surface area contributed by atoms with Gasteiger partial charge in [-0.2, -0.15) is 0 Å². The molecule has 142 valence electrons. The van der Waals surface area contributed by atoms with E-state index in [0.717, 1.165) is 31.0 Å². The first kappa shape index (κ1) is 22.1. The Morgan fingerprint density at radius 3 is 2.42 bits per heavy atom. The summed E-state index contributed by atoms with van der Waals surface area (Å²) >= 11 is 1.87. The largest absolute Gasteiger partial charge is 0.485 e. The number of rotatable bonds is 10. The molecule has 1 unspecified atom stereocenters. The number of thioether (sulfide) groups is 1. The van der Waals surface area contributed by atoms with Gasteiger partial charge in [0.2, 0.25) is 0 Å². The first-order valence-electron chi connectivity index (χ1n) is 8.98. The molecule has 26 heavy (non-hydrogen) atoms. The summed E-state index contributed by atoms with van der Waals surface area (Å²) in [5.74, 6) is 2.12. The van der Waals surface area contributed by atoms with E-state index in [1.807, 2.05) is 11.8 Å². The molecule has 2 N–H and O–H groups in total. The molecule has 0 aliphatic heterocycles. The maximum atomic E-state index is 8.36. The summed E-state index contributed by atoms with van der Waals surface area (Å²) in [6.45, 7) is 6.04. The Morgan fingerprint density at radius 2 is 1.77 bits per heavy atom. The smallest absolute Gasteiger partial charge is 0.290 e. The third-order valence-electron chi connectivity index (χ3n) is 3.58. The highest BCUT2D eigenvalue weighted by Crippen LogP contribution is 2.33. The lowest BCUT2D eigenvalue weighted by atomic mass is 10.1. The van der Waals surface area contributed by atoms with Gasteiger partial charge in [-0.3, -0.25) is 4.79 Å². The van der Waals surface area contributed by atoms with Crippen molar-refractivity contribution >= 4 is 18.2 Å². The van der Waals surface area contributed by atoms with E-state index in [1.165, 1.54) is 16.9 Å². The molecule has 2 rings (SSSR count). The third kappa shape index (κ3) is 8.41. The molecule has 4 nitrogen and oxygen atoms in total. The van der Waals surface area contributed by atoms with E-state index in [9.17, 15) is 0 Å². The molecule has 0 saturated heterocycles. The molecule has 1 atom stereocenters. The van der Waals surface area contributed by atoms with Crippen molar-refractivity contribution in [2.24, 2.45) is 0 Å². The normalized spacial score (nSPS) is 11.2. The number of ether oxygens (including phenoxy) is 1. The average Bonchev–Trinajstić information content (AvgIpc) is 2.68. The SMILES string of the molecule is CCCSc1ccccc1OC(CCNCC)c1ccccc1.O=CO. The minimum absolute atomic E-state index is 0.0821. The topological polar surface area (TPSA) is 58.6 Å². The van der Waals surface area contributed by atoms with Gasteiger partial charge in [-0.25, -0.2) is 0 Å². The minimum atomic E-state index is -0.250. The molecule has 0 saturated carbocycles. The fraction of sp³-hybridized carbons (Fsp3) is 0.381. The molecule has 0 aliphatic carbocycles. The lowest BCUT2D eigenvalue weighted by Gasteiger charge is -2.21. The summed E-state index contributed by atoms with van der Waals surface area (Å²) in [6.07, 6.45) is 2.21. The summed E-state index contributed by atoms with van der Waals surface area (Å²) in [6, 6.07) is 18.9. The zero-order chi connectivity index (χ0) is 19.0. The molecule has 0 amide bonds. The Kier molecular flexibility index (Phi) is 12.1. The van der Waals surface area contributed by atoms with Gasteiger partial charge in [0, 0.05) is 11.3 Å². The van der Waals surface area contributed by atoms with Crippen LogP contribution in [0.5, 0.6) is 5.75 Å². The van der Waals surface area contributed by atoms with Crippen LogP contribution in [0.15, 0.2) is 59.5 Å². The van der Waals surface area contributed by atoms with Gasteiger partial charge in [0.1, 0.15) is 11.9 Å². The van der Waals surface area contributed by atoms with Gasteiger partial charge in [0.05, 0.1) is 0 Å². The van der Waals surface area contributed by atoms with Gasteiger partial charge in [-0.1, -0.05) is 56.3 Å². The second kappa shape index (κ2) is 14.2. The number of hydrogen-bond acceptors (Lipinski definition) is 4. The van der Waals surface area contributed by atoms with Crippen LogP contribution >= 0.6 is 11.8 Å². The van der Waals surface area contributed by atoms with Gasteiger partial charge in [-0.15, -0.1) is 11.8 Å². The van der Waals surface area contributed by atoms with E-state index >= 15 is 0 Å². The molecule has 5 heteroatoms. The second-order valence-corrected chi connectivity index (χ2v) is 6.70. The predicted molar refractivity (Wildman–Crippen MR) is 109 cm³/mol. The molecule has 2 aromatic carbocycles. The van der Waals surface area contributed by atoms with Crippen molar-refractivity contribution in [2.45, 2.75) is 37.7 Å². The maximum absolute atomic E-state index is 8.36. The van der Waals surface area contributed by atoms with Crippen LogP contribution in [-0.4, -0.2) is 30.4 Å². The monoisotopic (exact) mass is 375 g/mol. The molecule has 0 aromatic heterocycles. The zero-order valence-corrected chi connectivity index (χ0v) is 16.4.